The van der Waals surface area contributed by atoms with Gasteiger partial charge in [0, 0.05) is 39.0 Å². The van der Waals surface area contributed by atoms with Crippen molar-refractivity contribution < 1.29 is 9.15 Å². The third-order valence-corrected chi connectivity index (χ3v) is 10.9. The van der Waals surface area contributed by atoms with Crippen molar-refractivity contribution in [2.75, 3.05) is 4.90 Å². The highest BCUT2D eigenvalue weighted by molar-refractivity contribution is 6.06. The average Bonchev–Trinajstić information content (AvgIpc) is 3.72. The van der Waals surface area contributed by atoms with Crippen molar-refractivity contribution in [3.05, 3.63) is 210 Å². The van der Waals surface area contributed by atoms with Crippen molar-refractivity contribution >= 4 is 39.0 Å². The lowest BCUT2D eigenvalue weighted by atomic mass is 9.66. The van der Waals surface area contributed by atoms with E-state index in [1.165, 1.54) is 38.9 Å². The van der Waals surface area contributed by atoms with Crippen LogP contribution in [0.5, 0.6) is 11.5 Å². The van der Waals surface area contributed by atoms with Crippen LogP contribution in [0.25, 0.3) is 44.2 Å². The first-order valence-electron chi connectivity index (χ1n) is 17.8. The van der Waals surface area contributed by atoms with Crippen LogP contribution in [0.3, 0.4) is 0 Å². The van der Waals surface area contributed by atoms with Gasteiger partial charge in [-0.1, -0.05) is 121 Å². The van der Waals surface area contributed by atoms with E-state index in [0.717, 1.165) is 56.1 Å². The predicted octanol–water partition coefficient (Wildman–Crippen LogP) is 13.2. The highest BCUT2D eigenvalue weighted by Gasteiger charge is 2.51. The van der Waals surface area contributed by atoms with Crippen molar-refractivity contribution in [2.24, 2.45) is 0 Å². The van der Waals surface area contributed by atoms with Gasteiger partial charge < -0.3 is 14.1 Å². The van der Waals surface area contributed by atoms with Crippen LogP contribution in [0.4, 0.5) is 17.1 Å². The Morgan fingerprint density at radius 3 is 1.81 bits per heavy atom. The highest BCUT2D eigenvalue weighted by atomic mass is 16.5. The molecule has 8 aromatic carbocycles. The fraction of sp³-hybridized carbons (Fsp3) is 0.0204. The van der Waals surface area contributed by atoms with Crippen molar-refractivity contribution in [3.8, 4) is 33.8 Å². The average molecular weight is 666 g/mol. The van der Waals surface area contributed by atoms with Crippen LogP contribution in [-0.4, -0.2) is 0 Å². The number of furan rings is 1. The van der Waals surface area contributed by atoms with Crippen molar-refractivity contribution in [1.82, 2.24) is 0 Å². The number of fused-ring (bicyclic) bond motifs is 12. The molecular formula is C49H31NO2. The molecule has 244 valence electrons. The van der Waals surface area contributed by atoms with E-state index in [1.54, 1.807) is 0 Å². The molecule has 1 spiro atoms. The summed E-state index contributed by atoms with van der Waals surface area (Å²) >= 11 is 0. The van der Waals surface area contributed by atoms with E-state index in [4.69, 9.17) is 9.15 Å². The second-order valence-electron chi connectivity index (χ2n) is 13.7. The Kier molecular flexibility index (Phi) is 6.17. The number of anilines is 3. The number of ether oxygens (including phenoxy) is 1. The Morgan fingerprint density at radius 2 is 0.981 bits per heavy atom. The van der Waals surface area contributed by atoms with Crippen LogP contribution in [0.1, 0.15) is 22.3 Å². The third kappa shape index (κ3) is 4.08. The number of hydrogen-bond acceptors (Lipinski definition) is 3. The number of hydrogen-bond donors (Lipinski definition) is 0. The molecule has 0 N–H and O–H groups in total. The molecule has 0 unspecified atom stereocenters. The lowest BCUT2D eigenvalue weighted by Gasteiger charge is -2.39. The van der Waals surface area contributed by atoms with Gasteiger partial charge in [-0.05, 0) is 100 Å². The molecule has 11 rings (SSSR count). The monoisotopic (exact) mass is 665 g/mol. The van der Waals surface area contributed by atoms with Crippen LogP contribution in [0, 0.1) is 0 Å². The van der Waals surface area contributed by atoms with Gasteiger partial charge in [0.1, 0.15) is 22.7 Å². The maximum atomic E-state index is 6.57. The van der Waals surface area contributed by atoms with E-state index >= 15 is 0 Å². The lowest BCUT2D eigenvalue weighted by molar-refractivity contribution is 0.436. The van der Waals surface area contributed by atoms with Crippen molar-refractivity contribution in [2.45, 2.75) is 5.41 Å². The largest absolute Gasteiger partial charge is 0.457 e. The fourth-order valence-corrected chi connectivity index (χ4v) is 8.74. The molecule has 2 heterocycles. The Hall–Kier alpha value is -6.84. The minimum Gasteiger partial charge on any atom is -0.457 e. The lowest BCUT2D eigenvalue weighted by Crippen LogP contribution is -2.32. The van der Waals surface area contributed by atoms with E-state index in [-0.39, 0.29) is 0 Å². The van der Waals surface area contributed by atoms with Gasteiger partial charge in [-0.15, -0.1) is 0 Å². The summed E-state index contributed by atoms with van der Waals surface area (Å²) in [5.74, 6) is 1.80. The smallest absolute Gasteiger partial charge is 0.135 e. The molecule has 52 heavy (non-hydrogen) atoms. The summed E-state index contributed by atoms with van der Waals surface area (Å²) in [6.07, 6.45) is 0. The summed E-state index contributed by atoms with van der Waals surface area (Å²) in [7, 11) is 0. The quantitative estimate of drug-likeness (QED) is 0.187. The Morgan fingerprint density at radius 1 is 0.365 bits per heavy atom. The number of para-hydroxylation sites is 4. The van der Waals surface area contributed by atoms with E-state index < -0.39 is 5.41 Å². The molecule has 0 fully saturated rings. The van der Waals surface area contributed by atoms with Crippen molar-refractivity contribution in [1.29, 1.82) is 0 Å². The topological polar surface area (TPSA) is 25.6 Å². The zero-order valence-electron chi connectivity index (χ0n) is 28.2. The molecule has 1 aliphatic carbocycles. The van der Waals surface area contributed by atoms with E-state index in [2.05, 4.69) is 181 Å². The maximum absolute atomic E-state index is 6.57. The minimum atomic E-state index is -0.510. The van der Waals surface area contributed by atoms with Crippen LogP contribution < -0.4 is 9.64 Å². The van der Waals surface area contributed by atoms with Crippen LogP contribution in [0.15, 0.2) is 192 Å². The number of benzene rings is 8. The summed E-state index contributed by atoms with van der Waals surface area (Å²) in [5.41, 5.74) is 14.3. The van der Waals surface area contributed by atoms with Gasteiger partial charge in [-0.3, -0.25) is 0 Å². The SMILES string of the molecule is c1ccc(N(c2cccc(-c3ccc4c(c3)C3(c5ccccc5Oc5ccccc53)c3ccccc3-4)c2)c2ccc3oc4ccccc4c3c2)cc1. The zero-order valence-corrected chi connectivity index (χ0v) is 28.2. The molecule has 0 bridgehead atoms. The number of nitrogens with zero attached hydrogens (tertiary/aromatic N) is 1. The first kappa shape index (κ1) is 28.9. The first-order valence-corrected chi connectivity index (χ1v) is 17.8. The molecule has 1 aromatic heterocycles. The summed E-state index contributed by atoms with van der Waals surface area (Å²) in [4.78, 5) is 2.33. The molecule has 1 aliphatic heterocycles. The van der Waals surface area contributed by atoms with Crippen LogP contribution in [0.2, 0.25) is 0 Å². The number of rotatable bonds is 4. The van der Waals surface area contributed by atoms with E-state index in [9.17, 15) is 0 Å². The Bertz CT molecular complexity index is 2800. The zero-order chi connectivity index (χ0) is 34.2. The second kappa shape index (κ2) is 11.1. The first-order chi connectivity index (χ1) is 25.8. The van der Waals surface area contributed by atoms with Gasteiger partial charge in [0.05, 0.1) is 5.41 Å². The molecule has 0 atom stereocenters. The van der Waals surface area contributed by atoms with Crippen molar-refractivity contribution in [3.63, 3.8) is 0 Å². The molecule has 3 nitrogen and oxygen atoms in total. The van der Waals surface area contributed by atoms with Gasteiger partial charge in [0.25, 0.3) is 0 Å². The molecule has 9 aromatic rings. The van der Waals surface area contributed by atoms with E-state index in [1.807, 2.05) is 12.1 Å². The third-order valence-electron chi connectivity index (χ3n) is 10.9. The fourth-order valence-electron chi connectivity index (χ4n) is 8.74. The predicted molar refractivity (Wildman–Crippen MR) is 211 cm³/mol. The summed E-state index contributed by atoms with van der Waals surface area (Å²) in [5, 5.41) is 2.22. The molecule has 0 radical (unpaired) electrons. The van der Waals surface area contributed by atoms with Gasteiger partial charge in [0.2, 0.25) is 0 Å². The Labute approximate surface area is 301 Å². The molecular weight excluding hydrogens is 635 g/mol. The maximum Gasteiger partial charge on any atom is 0.135 e. The van der Waals surface area contributed by atoms with Gasteiger partial charge in [0.15, 0.2) is 0 Å². The molecule has 2 aliphatic rings. The summed E-state index contributed by atoms with van der Waals surface area (Å²) < 4.78 is 12.8. The Balaban J connectivity index is 1.11. The second-order valence-corrected chi connectivity index (χ2v) is 13.7. The summed E-state index contributed by atoms with van der Waals surface area (Å²) in [6, 6.07) is 67.2. The van der Waals surface area contributed by atoms with Gasteiger partial charge >= 0.3 is 0 Å². The normalized spacial score (nSPS) is 13.3. The standard InChI is InChI=1S/C49H31NO2/c1-2-14-34(15-3-1)50(36-26-28-46-40(31-36)39-18-5-9-22-45(39)51-46)35-16-12-13-32(29-35)33-25-27-38-37-17-4-6-19-41(37)49(44(38)30-33)42-20-7-10-23-47(42)52-48-24-11-8-21-43(48)49/h1-31H. The molecule has 0 saturated carbocycles. The minimum absolute atomic E-state index is 0.510. The molecule has 0 saturated heterocycles. The van der Waals surface area contributed by atoms with Crippen LogP contribution in [-0.2, 0) is 5.41 Å². The van der Waals surface area contributed by atoms with Crippen LogP contribution >= 0.6 is 0 Å². The van der Waals surface area contributed by atoms with Gasteiger partial charge in [-0.25, -0.2) is 0 Å². The van der Waals surface area contributed by atoms with Gasteiger partial charge in [-0.2, -0.15) is 0 Å². The molecule has 3 heteroatoms. The summed E-state index contributed by atoms with van der Waals surface area (Å²) in [6.45, 7) is 0. The molecule has 0 amide bonds. The highest BCUT2D eigenvalue weighted by Crippen LogP contribution is 2.62. The van der Waals surface area contributed by atoms with E-state index in [0.29, 0.717) is 0 Å².